The summed E-state index contributed by atoms with van der Waals surface area (Å²) in [6, 6.07) is 12.3. The number of rotatable bonds is 7. The number of carbonyl (C=O) groups excluding carboxylic acids is 2. The monoisotopic (exact) mass is 387 g/mol. The first-order valence-electron chi connectivity index (χ1n) is 8.54. The molecule has 0 bridgehead atoms. The van der Waals surface area contributed by atoms with Gasteiger partial charge >= 0.3 is 0 Å². The molecule has 1 unspecified atom stereocenters. The van der Waals surface area contributed by atoms with Gasteiger partial charge in [-0.25, -0.2) is 5.43 Å². The van der Waals surface area contributed by atoms with Crippen LogP contribution in [-0.4, -0.2) is 29.2 Å². The standard InChI is InChI=1S/C20H22ClN3O3/c1-13(2)11-17(23-19(26)14-7-9-16(21)10-8-14)20(27)24-22-12-15-5-3-4-6-18(15)25/h3-10,12-13,17,25H,11H2,1-2H3,(H,23,26)(H,24,27)/b22-12+. The van der Waals surface area contributed by atoms with Crippen molar-refractivity contribution in [3.63, 3.8) is 0 Å². The number of benzene rings is 2. The molecule has 0 spiro atoms. The maximum Gasteiger partial charge on any atom is 0.262 e. The molecule has 0 radical (unpaired) electrons. The number of carbonyl (C=O) groups is 2. The maximum absolute atomic E-state index is 12.5. The van der Waals surface area contributed by atoms with Crippen LogP contribution in [0.3, 0.4) is 0 Å². The fourth-order valence-electron chi connectivity index (χ4n) is 2.39. The zero-order valence-corrected chi connectivity index (χ0v) is 15.9. The van der Waals surface area contributed by atoms with Gasteiger partial charge in [0.2, 0.25) is 0 Å². The van der Waals surface area contributed by atoms with Gasteiger partial charge in [-0.05, 0) is 48.7 Å². The summed E-state index contributed by atoms with van der Waals surface area (Å²) in [6.07, 6.45) is 1.80. The van der Waals surface area contributed by atoms with Crippen molar-refractivity contribution in [2.75, 3.05) is 0 Å². The molecule has 1 atom stereocenters. The van der Waals surface area contributed by atoms with Crippen LogP contribution in [0.4, 0.5) is 0 Å². The van der Waals surface area contributed by atoms with Crippen molar-refractivity contribution < 1.29 is 14.7 Å². The number of hydrogen-bond acceptors (Lipinski definition) is 4. The van der Waals surface area contributed by atoms with Gasteiger partial charge in [0.15, 0.2) is 0 Å². The highest BCUT2D eigenvalue weighted by molar-refractivity contribution is 6.30. The van der Waals surface area contributed by atoms with E-state index in [-0.39, 0.29) is 17.6 Å². The van der Waals surface area contributed by atoms with Crippen molar-refractivity contribution in [2.24, 2.45) is 11.0 Å². The number of hydrazone groups is 1. The summed E-state index contributed by atoms with van der Waals surface area (Å²) < 4.78 is 0. The zero-order valence-electron chi connectivity index (χ0n) is 15.1. The van der Waals surface area contributed by atoms with Gasteiger partial charge in [0.25, 0.3) is 11.8 Å². The summed E-state index contributed by atoms with van der Waals surface area (Å²) in [5.74, 6) is -0.548. The minimum absolute atomic E-state index is 0.0604. The first-order chi connectivity index (χ1) is 12.9. The molecule has 2 rings (SSSR count). The summed E-state index contributed by atoms with van der Waals surface area (Å²) >= 11 is 5.83. The van der Waals surface area contributed by atoms with Crippen LogP contribution >= 0.6 is 11.6 Å². The third-order valence-corrected chi connectivity index (χ3v) is 4.00. The van der Waals surface area contributed by atoms with Crippen LogP contribution in [0, 0.1) is 5.92 Å². The zero-order chi connectivity index (χ0) is 19.8. The minimum Gasteiger partial charge on any atom is -0.507 e. The van der Waals surface area contributed by atoms with Crippen LogP contribution in [0.5, 0.6) is 5.75 Å². The molecule has 0 fully saturated rings. The molecule has 142 valence electrons. The van der Waals surface area contributed by atoms with Crippen LogP contribution in [0.25, 0.3) is 0 Å². The van der Waals surface area contributed by atoms with E-state index < -0.39 is 11.9 Å². The van der Waals surface area contributed by atoms with Gasteiger partial charge < -0.3 is 10.4 Å². The summed E-state index contributed by atoms with van der Waals surface area (Å²) in [5.41, 5.74) is 3.30. The minimum atomic E-state index is -0.741. The third kappa shape index (κ3) is 6.42. The van der Waals surface area contributed by atoms with Crippen LogP contribution in [0.15, 0.2) is 53.6 Å². The Bertz CT molecular complexity index is 819. The van der Waals surface area contributed by atoms with E-state index in [0.29, 0.717) is 22.6 Å². The van der Waals surface area contributed by atoms with E-state index in [4.69, 9.17) is 11.6 Å². The highest BCUT2D eigenvalue weighted by atomic mass is 35.5. The highest BCUT2D eigenvalue weighted by Crippen LogP contribution is 2.13. The molecule has 0 saturated carbocycles. The number of phenols is 1. The molecule has 0 heterocycles. The Labute approximate surface area is 163 Å². The van der Waals surface area contributed by atoms with Gasteiger partial charge in [-0.3, -0.25) is 9.59 Å². The number of nitrogens with zero attached hydrogens (tertiary/aromatic N) is 1. The molecule has 0 aliphatic heterocycles. The van der Waals surface area contributed by atoms with Crippen LogP contribution in [0.1, 0.15) is 36.2 Å². The molecule has 2 aromatic rings. The Balaban J connectivity index is 2.03. The number of halogens is 1. The largest absolute Gasteiger partial charge is 0.507 e. The van der Waals surface area contributed by atoms with E-state index in [1.807, 2.05) is 13.8 Å². The molecular weight excluding hydrogens is 366 g/mol. The van der Waals surface area contributed by atoms with Gasteiger partial charge in [0.1, 0.15) is 11.8 Å². The van der Waals surface area contributed by atoms with Gasteiger partial charge in [0, 0.05) is 16.1 Å². The lowest BCUT2D eigenvalue weighted by atomic mass is 10.0. The molecule has 2 aromatic carbocycles. The van der Waals surface area contributed by atoms with E-state index in [2.05, 4.69) is 15.8 Å². The van der Waals surface area contributed by atoms with Crippen molar-refractivity contribution in [2.45, 2.75) is 26.3 Å². The summed E-state index contributed by atoms with van der Waals surface area (Å²) in [4.78, 5) is 24.8. The van der Waals surface area contributed by atoms with Gasteiger partial charge in [0.05, 0.1) is 6.21 Å². The Kier molecular flexibility index (Phi) is 7.37. The van der Waals surface area contributed by atoms with Gasteiger partial charge in [-0.2, -0.15) is 5.10 Å². The summed E-state index contributed by atoms with van der Waals surface area (Å²) in [5, 5.41) is 16.8. The average molecular weight is 388 g/mol. The highest BCUT2D eigenvalue weighted by Gasteiger charge is 2.22. The Morgan fingerprint density at radius 3 is 2.44 bits per heavy atom. The van der Waals surface area contributed by atoms with Crippen LogP contribution in [0.2, 0.25) is 5.02 Å². The van der Waals surface area contributed by atoms with E-state index >= 15 is 0 Å². The van der Waals surface area contributed by atoms with Crippen molar-refractivity contribution in [3.8, 4) is 5.75 Å². The number of nitrogens with one attached hydrogen (secondary N) is 2. The summed E-state index contributed by atoms with van der Waals surface area (Å²) in [7, 11) is 0. The number of aromatic hydroxyl groups is 1. The number of amides is 2. The fraction of sp³-hybridized carbons (Fsp3) is 0.250. The molecule has 2 amide bonds. The van der Waals surface area contributed by atoms with E-state index in [9.17, 15) is 14.7 Å². The van der Waals surface area contributed by atoms with Crippen LogP contribution < -0.4 is 10.7 Å². The number of para-hydroxylation sites is 1. The average Bonchev–Trinajstić information content (AvgIpc) is 2.62. The molecule has 0 aliphatic rings. The number of hydrogen-bond donors (Lipinski definition) is 3. The fourth-order valence-corrected chi connectivity index (χ4v) is 2.51. The lowest BCUT2D eigenvalue weighted by Gasteiger charge is -2.19. The summed E-state index contributed by atoms with van der Waals surface area (Å²) in [6.45, 7) is 3.92. The molecule has 7 heteroatoms. The van der Waals surface area contributed by atoms with E-state index in [0.717, 1.165) is 0 Å². The number of phenolic OH excluding ortho intramolecular Hbond substituents is 1. The lowest BCUT2D eigenvalue weighted by molar-refractivity contribution is -0.123. The van der Waals surface area contributed by atoms with Crippen molar-refractivity contribution in [1.29, 1.82) is 0 Å². The van der Waals surface area contributed by atoms with Crippen LogP contribution in [-0.2, 0) is 4.79 Å². The molecule has 0 aliphatic carbocycles. The van der Waals surface area contributed by atoms with E-state index in [1.165, 1.54) is 12.3 Å². The first-order valence-corrected chi connectivity index (χ1v) is 8.92. The van der Waals surface area contributed by atoms with E-state index in [1.54, 1.807) is 42.5 Å². The lowest BCUT2D eigenvalue weighted by Crippen LogP contribution is -2.46. The predicted octanol–water partition coefficient (Wildman–Crippen LogP) is 3.34. The smallest absolute Gasteiger partial charge is 0.262 e. The SMILES string of the molecule is CC(C)CC(NC(=O)c1ccc(Cl)cc1)C(=O)N/N=C/c1ccccc1O. The second-order valence-electron chi connectivity index (χ2n) is 6.46. The molecule has 0 aromatic heterocycles. The molecule has 0 saturated heterocycles. The Morgan fingerprint density at radius 1 is 1.15 bits per heavy atom. The van der Waals surface area contributed by atoms with Crippen molar-refractivity contribution in [1.82, 2.24) is 10.7 Å². The maximum atomic E-state index is 12.5. The Hall–Kier alpha value is -2.86. The molecule has 3 N–H and O–H groups in total. The Morgan fingerprint density at radius 2 is 1.81 bits per heavy atom. The quantitative estimate of drug-likeness (QED) is 0.502. The first kappa shape index (κ1) is 20.5. The molecule has 27 heavy (non-hydrogen) atoms. The molecule has 6 nitrogen and oxygen atoms in total. The van der Waals surface area contributed by atoms with Crippen molar-refractivity contribution >= 4 is 29.6 Å². The second-order valence-corrected chi connectivity index (χ2v) is 6.89. The predicted molar refractivity (Wildman–Crippen MR) is 106 cm³/mol. The second kappa shape index (κ2) is 9.73. The normalized spacial score (nSPS) is 12.1. The van der Waals surface area contributed by atoms with Gasteiger partial charge in [-0.15, -0.1) is 0 Å². The molecular formula is C20H22ClN3O3. The third-order valence-electron chi connectivity index (χ3n) is 3.75. The topological polar surface area (TPSA) is 90.8 Å². The van der Waals surface area contributed by atoms with Crippen molar-refractivity contribution in [3.05, 3.63) is 64.7 Å². The van der Waals surface area contributed by atoms with Gasteiger partial charge in [-0.1, -0.05) is 37.6 Å².